The van der Waals surface area contributed by atoms with Gasteiger partial charge >= 0.3 is 0 Å². The van der Waals surface area contributed by atoms with E-state index in [1.807, 2.05) is 0 Å². The summed E-state index contributed by atoms with van der Waals surface area (Å²) in [6.45, 7) is 4.20. The quantitative estimate of drug-likeness (QED) is 0.164. The van der Waals surface area contributed by atoms with Crippen molar-refractivity contribution in [3.05, 3.63) is 217 Å². The number of aryl methyl sites for hydroxylation is 1. The molecule has 0 spiro atoms. The molecule has 8 aromatic carbocycles. The Morgan fingerprint density at radius 2 is 1.17 bits per heavy atom. The van der Waals surface area contributed by atoms with Crippen LogP contribution in [0.3, 0.4) is 0 Å². The van der Waals surface area contributed by atoms with Gasteiger partial charge in [-0.1, -0.05) is 188 Å². The third-order valence-electron chi connectivity index (χ3n) is 10.8. The Balaban J connectivity index is 1.15. The standard InChI is InChI=1S/C53H41N/c1-3-4-5-15-41-34-51(40-18-10-17-39(33-40)42-31-32-52(54-35-42)48-25-11-16-37-14-6-7-19-44(37)48)47-20-8-9-21-49(47)53(41)50-26-13-23-45-43(22-12-24-46(45)50)38-29-27-36(2)28-30-38/h3-35,52,54H,1-2H3/b4-3-,15-5-. The average Bonchev–Trinajstić information content (AvgIpc) is 3.23. The lowest BCUT2D eigenvalue weighted by Crippen LogP contribution is -2.16. The molecule has 0 radical (unpaired) electrons. The van der Waals surface area contributed by atoms with Crippen molar-refractivity contribution in [1.82, 2.24) is 5.32 Å². The van der Waals surface area contributed by atoms with Gasteiger partial charge in [-0.05, 0) is 114 Å². The van der Waals surface area contributed by atoms with Gasteiger partial charge in [0, 0.05) is 6.20 Å². The Labute approximate surface area is 318 Å². The minimum atomic E-state index is 0.119. The van der Waals surface area contributed by atoms with E-state index in [4.69, 9.17) is 0 Å². The number of hydrogen-bond donors (Lipinski definition) is 1. The van der Waals surface area contributed by atoms with Crippen LogP contribution in [0.25, 0.3) is 77.3 Å². The minimum Gasteiger partial charge on any atom is -0.380 e. The summed E-state index contributed by atoms with van der Waals surface area (Å²) in [5, 5.41) is 11.2. The van der Waals surface area contributed by atoms with Gasteiger partial charge in [0.15, 0.2) is 0 Å². The molecule has 0 saturated heterocycles. The number of nitrogens with one attached hydrogen (secondary N) is 1. The first kappa shape index (κ1) is 33.2. The van der Waals surface area contributed by atoms with E-state index in [-0.39, 0.29) is 6.04 Å². The van der Waals surface area contributed by atoms with E-state index >= 15 is 0 Å². The van der Waals surface area contributed by atoms with E-state index in [0.29, 0.717) is 0 Å². The fourth-order valence-corrected chi connectivity index (χ4v) is 8.10. The number of benzene rings is 8. The van der Waals surface area contributed by atoms with Crippen LogP contribution in [-0.4, -0.2) is 0 Å². The third-order valence-corrected chi connectivity index (χ3v) is 10.8. The van der Waals surface area contributed by atoms with Crippen LogP contribution < -0.4 is 5.32 Å². The zero-order chi connectivity index (χ0) is 36.4. The van der Waals surface area contributed by atoms with Gasteiger partial charge in [-0.2, -0.15) is 0 Å². The molecule has 1 nitrogen and oxygen atoms in total. The summed E-state index contributed by atoms with van der Waals surface area (Å²) in [4.78, 5) is 0. The molecule has 1 aliphatic rings. The molecule has 0 aliphatic carbocycles. The molecule has 1 N–H and O–H groups in total. The maximum absolute atomic E-state index is 3.70. The summed E-state index contributed by atoms with van der Waals surface area (Å²) in [6.07, 6.45) is 15.3. The van der Waals surface area contributed by atoms with Gasteiger partial charge in [0.05, 0.1) is 6.04 Å². The van der Waals surface area contributed by atoms with Crippen molar-refractivity contribution in [3.8, 4) is 33.4 Å². The Morgan fingerprint density at radius 3 is 1.96 bits per heavy atom. The van der Waals surface area contributed by atoms with E-state index in [9.17, 15) is 0 Å². The summed E-state index contributed by atoms with van der Waals surface area (Å²) < 4.78 is 0. The Morgan fingerprint density at radius 1 is 0.519 bits per heavy atom. The van der Waals surface area contributed by atoms with Gasteiger partial charge < -0.3 is 5.32 Å². The summed E-state index contributed by atoms with van der Waals surface area (Å²) >= 11 is 0. The molecule has 0 bridgehead atoms. The highest BCUT2D eigenvalue weighted by Crippen LogP contribution is 2.43. The highest BCUT2D eigenvalue weighted by atomic mass is 14.9. The lowest BCUT2D eigenvalue weighted by molar-refractivity contribution is 0.755. The molecular formula is C53H41N. The monoisotopic (exact) mass is 691 g/mol. The normalized spacial score (nSPS) is 14.3. The summed E-state index contributed by atoms with van der Waals surface area (Å²) in [6, 6.07) is 57.9. The molecule has 1 heteroatoms. The highest BCUT2D eigenvalue weighted by molar-refractivity contribution is 6.14. The Bertz CT molecular complexity index is 2800. The van der Waals surface area contributed by atoms with Gasteiger partial charge in [-0.25, -0.2) is 0 Å². The topological polar surface area (TPSA) is 12.0 Å². The second-order valence-electron chi connectivity index (χ2n) is 14.1. The molecular weight excluding hydrogens is 651 g/mol. The molecule has 0 fully saturated rings. The van der Waals surface area contributed by atoms with Crippen molar-refractivity contribution in [1.29, 1.82) is 0 Å². The van der Waals surface area contributed by atoms with Crippen LogP contribution in [0.15, 0.2) is 194 Å². The molecule has 258 valence electrons. The fourth-order valence-electron chi connectivity index (χ4n) is 8.10. The van der Waals surface area contributed by atoms with E-state index in [1.165, 1.54) is 93.5 Å². The molecule has 0 saturated carbocycles. The van der Waals surface area contributed by atoms with Crippen molar-refractivity contribution in [2.75, 3.05) is 0 Å². The molecule has 1 heterocycles. The smallest absolute Gasteiger partial charge is 0.0702 e. The third kappa shape index (κ3) is 6.14. The summed E-state index contributed by atoms with van der Waals surface area (Å²) in [5.41, 5.74) is 13.5. The molecule has 0 aromatic heterocycles. The van der Waals surface area contributed by atoms with E-state index in [2.05, 4.69) is 220 Å². The van der Waals surface area contributed by atoms with Crippen molar-refractivity contribution in [2.45, 2.75) is 19.9 Å². The van der Waals surface area contributed by atoms with Crippen molar-refractivity contribution < 1.29 is 0 Å². The van der Waals surface area contributed by atoms with Gasteiger partial charge in [0.2, 0.25) is 0 Å². The second-order valence-corrected chi connectivity index (χ2v) is 14.1. The number of dihydropyridines is 1. The second kappa shape index (κ2) is 14.4. The van der Waals surface area contributed by atoms with E-state index in [1.54, 1.807) is 0 Å². The number of hydrogen-bond acceptors (Lipinski definition) is 1. The van der Waals surface area contributed by atoms with Crippen LogP contribution in [-0.2, 0) is 0 Å². The van der Waals surface area contributed by atoms with Gasteiger partial charge in [0.1, 0.15) is 0 Å². The highest BCUT2D eigenvalue weighted by Gasteiger charge is 2.18. The number of fused-ring (bicyclic) bond motifs is 3. The zero-order valence-corrected chi connectivity index (χ0v) is 30.6. The van der Waals surface area contributed by atoms with E-state index < -0.39 is 0 Å². The first-order valence-electron chi connectivity index (χ1n) is 18.8. The predicted molar refractivity (Wildman–Crippen MR) is 233 cm³/mol. The van der Waals surface area contributed by atoms with Crippen LogP contribution in [0, 0.1) is 6.92 Å². The Kier molecular flexibility index (Phi) is 8.83. The van der Waals surface area contributed by atoms with Crippen LogP contribution in [0.4, 0.5) is 0 Å². The van der Waals surface area contributed by atoms with Crippen LogP contribution in [0.5, 0.6) is 0 Å². The summed E-state index contributed by atoms with van der Waals surface area (Å²) in [5.74, 6) is 0. The lowest BCUT2D eigenvalue weighted by atomic mass is 9.85. The zero-order valence-electron chi connectivity index (χ0n) is 30.6. The number of allylic oxidation sites excluding steroid dienone is 5. The molecule has 1 aliphatic heterocycles. The first-order valence-corrected chi connectivity index (χ1v) is 18.8. The molecule has 9 rings (SSSR count). The van der Waals surface area contributed by atoms with E-state index in [0.717, 1.165) is 0 Å². The Hall–Kier alpha value is -6.70. The molecule has 1 atom stereocenters. The van der Waals surface area contributed by atoms with Crippen LogP contribution in [0.2, 0.25) is 0 Å². The SMILES string of the molecule is C/C=C\C=C/c1cc(-c2cccc(C3=CNC(c4cccc5ccccc45)C=C3)c2)c2ccccc2c1-c1cccc2c(-c3ccc(C)cc3)cccc12. The van der Waals surface area contributed by atoms with Crippen molar-refractivity contribution in [3.63, 3.8) is 0 Å². The first-order chi connectivity index (χ1) is 26.7. The predicted octanol–water partition coefficient (Wildman–Crippen LogP) is 14.3. The molecule has 0 amide bonds. The minimum absolute atomic E-state index is 0.119. The van der Waals surface area contributed by atoms with Crippen molar-refractivity contribution >= 4 is 44.0 Å². The van der Waals surface area contributed by atoms with Crippen LogP contribution >= 0.6 is 0 Å². The largest absolute Gasteiger partial charge is 0.380 e. The molecule has 8 aromatic rings. The fraction of sp³-hybridized carbons (Fsp3) is 0.0566. The van der Waals surface area contributed by atoms with Gasteiger partial charge in [-0.3, -0.25) is 0 Å². The molecule has 1 unspecified atom stereocenters. The summed E-state index contributed by atoms with van der Waals surface area (Å²) in [7, 11) is 0. The van der Waals surface area contributed by atoms with Crippen LogP contribution in [0.1, 0.15) is 35.2 Å². The van der Waals surface area contributed by atoms with Gasteiger partial charge in [0.25, 0.3) is 0 Å². The maximum atomic E-state index is 3.70. The van der Waals surface area contributed by atoms with Gasteiger partial charge in [-0.15, -0.1) is 0 Å². The van der Waals surface area contributed by atoms with Crippen molar-refractivity contribution in [2.24, 2.45) is 0 Å². The molecule has 54 heavy (non-hydrogen) atoms. The maximum Gasteiger partial charge on any atom is 0.0702 e. The lowest BCUT2D eigenvalue weighted by Gasteiger charge is -2.21. The average molecular weight is 692 g/mol. The number of rotatable bonds is 7.